The molecule has 1 aliphatic heterocycles. The van der Waals surface area contributed by atoms with Crippen LogP contribution in [-0.4, -0.2) is 41.1 Å². The number of carboxylic acid groups (broad SMARTS) is 1. The molecular weight excluding hydrogens is 294 g/mol. The van der Waals surface area contributed by atoms with E-state index in [1.54, 1.807) is 36.1 Å². The number of likely N-dealkylation sites (tertiary alicyclic amines) is 1. The highest BCUT2D eigenvalue weighted by atomic mass is 35.5. The summed E-state index contributed by atoms with van der Waals surface area (Å²) in [5, 5.41) is 9.55. The average molecular weight is 312 g/mol. The number of carbonyl (C=O) groups excluding carboxylic acids is 1. The van der Waals surface area contributed by atoms with Gasteiger partial charge in [-0.2, -0.15) is 0 Å². The number of hydrogen-bond acceptors (Lipinski definition) is 3. The molecule has 1 N–H and O–H groups in total. The molecule has 6 heteroatoms. The summed E-state index contributed by atoms with van der Waals surface area (Å²) in [7, 11) is 0. The minimum atomic E-state index is -0.863. The second-order valence-electron chi connectivity index (χ2n) is 5.36. The smallest absolute Gasteiger partial charge is 0.308 e. The molecule has 114 valence electrons. The standard InChI is InChI=1S/C15H18ClNO4/c1-9-7-17(8-11(9)15(19)20)14(18)10(2)21-13-6-4-3-5-12(13)16/h3-6,9-11H,7-8H2,1-2H3,(H,19,20)/t9-,10?,11-/m1/s1. The van der Waals surface area contributed by atoms with Gasteiger partial charge in [0.25, 0.3) is 5.91 Å². The molecule has 1 heterocycles. The van der Waals surface area contributed by atoms with Crippen LogP contribution in [-0.2, 0) is 9.59 Å². The molecule has 0 bridgehead atoms. The third-order valence-corrected chi connectivity index (χ3v) is 4.04. The van der Waals surface area contributed by atoms with Crippen LogP contribution in [0.1, 0.15) is 13.8 Å². The summed E-state index contributed by atoms with van der Waals surface area (Å²) in [5.74, 6) is -1.20. The molecule has 0 aromatic heterocycles. The lowest BCUT2D eigenvalue weighted by atomic mass is 9.99. The fourth-order valence-electron chi connectivity index (χ4n) is 2.51. The van der Waals surface area contributed by atoms with Crippen molar-refractivity contribution in [1.82, 2.24) is 4.90 Å². The summed E-state index contributed by atoms with van der Waals surface area (Å²) in [5.41, 5.74) is 0. The van der Waals surface area contributed by atoms with Gasteiger partial charge in [-0.1, -0.05) is 30.7 Å². The zero-order valence-electron chi connectivity index (χ0n) is 12.0. The molecule has 0 radical (unpaired) electrons. The SMILES string of the molecule is CC(Oc1ccccc1Cl)C(=O)N1C[C@@H](C)[C@H](C(=O)O)C1. The van der Waals surface area contributed by atoms with Crippen molar-refractivity contribution < 1.29 is 19.4 Å². The largest absolute Gasteiger partial charge is 0.481 e. The third-order valence-electron chi connectivity index (χ3n) is 3.73. The van der Waals surface area contributed by atoms with Crippen LogP contribution in [0.15, 0.2) is 24.3 Å². The van der Waals surface area contributed by atoms with Crippen molar-refractivity contribution in [1.29, 1.82) is 0 Å². The van der Waals surface area contributed by atoms with Gasteiger partial charge in [0.1, 0.15) is 5.75 Å². The Hall–Kier alpha value is -1.75. The van der Waals surface area contributed by atoms with E-state index in [4.69, 9.17) is 21.4 Å². The molecule has 21 heavy (non-hydrogen) atoms. The normalized spacial score (nSPS) is 22.9. The maximum Gasteiger partial charge on any atom is 0.308 e. The summed E-state index contributed by atoms with van der Waals surface area (Å²) < 4.78 is 5.58. The van der Waals surface area contributed by atoms with Crippen molar-refractivity contribution in [2.45, 2.75) is 20.0 Å². The Morgan fingerprint density at radius 2 is 2.05 bits per heavy atom. The third kappa shape index (κ3) is 3.47. The second kappa shape index (κ2) is 6.35. The monoisotopic (exact) mass is 311 g/mol. The molecule has 1 amide bonds. The minimum Gasteiger partial charge on any atom is -0.481 e. The van der Waals surface area contributed by atoms with Crippen LogP contribution >= 0.6 is 11.6 Å². The molecular formula is C15H18ClNO4. The molecule has 5 nitrogen and oxygen atoms in total. The zero-order chi connectivity index (χ0) is 15.6. The van der Waals surface area contributed by atoms with Crippen molar-refractivity contribution in [2.24, 2.45) is 11.8 Å². The van der Waals surface area contributed by atoms with E-state index in [9.17, 15) is 9.59 Å². The average Bonchev–Trinajstić information content (AvgIpc) is 2.82. The van der Waals surface area contributed by atoms with Gasteiger partial charge >= 0.3 is 5.97 Å². The number of hydrogen-bond donors (Lipinski definition) is 1. The van der Waals surface area contributed by atoms with Crippen molar-refractivity contribution in [2.75, 3.05) is 13.1 Å². The Bertz CT molecular complexity index is 548. The number of rotatable bonds is 4. The summed E-state index contributed by atoms with van der Waals surface area (Å²) >= 11 is 5.99. The summed E-state index contributed by atoms with van der Waals surface area (Å²) in [6, 6.07) is 6.93. The van der Waals surface area contributed by atoms with Gasteiger partial charge < -0.3 is 14.7 Å². The Balaban J connectivity index is 2.01. The maximum atomic E-state index is 12.3. The predicted octanol–water partition coefficient (Wildman–Crippen LogP) is 2.29. The first-order valence-corrected chi connectivity index (χ1v) is 7.20. The van der Waals surface area contributed by atoms with E-state index in [0.717, 1.165) is 0 Å². The van der Waals surface area contributed by atoms with Crippen LogP contribution in [0, 0.1) is 11.8 Å². The van der Waals surface area contributed by atoms with Crippen molar-refractivity contribution >= 4 is 23.5 Å². The molecule has 1 aromatic rings. The van der Waals surface area contributed by atoms with E-state index in [1.807, 2.05) is 6.92 Å². The fourth-order valence-corrected chi connectivity index (χ4v) is 2.69. The summed E-state index contributed by atoms with van der Waals surface area (Å²) in [6.07, 6.45) is -0.704. The fraction of sp³-hybridized carbons (Fsp3) is 0.467. The Kier molecular flexibility index (Phi) is 4.73. The molecule has 1 saturated heterocycles. The first-order valence-electron chi connectivity index (χ1n) is 6.83. The number of halogens is 1. The number of nitrogens with zero attached hydrogens (tertiary/aromatic N) is 1. The predicted molar refractivity (Wildman–Crippen MR) is 78.4 cm³/mol. The molecule has 2 rings (SSSR count). The number of ether oxygens (including phenoxy) is 1. The maximum absolute atomic E-state index is 12.3. The van der Waals surface area contributed by atoms with Gasteiger partial charge in [0, 0.05) is 13.1 Å². The molecule has 1 aromatic carbocycles. The minimum absolute atomic E-state index is 0.0565. The summed E-state index contributed by atoms with van der Waals surface area (Å²) in [6.45, 7) is 4.15. The van der Waals surface area contributed by atoms with Gasteiger partial charge in [-0.05, 0) is 25.0 Å². The number of carboxylic acids is 1. The number of amides is 1. The van der Waals surface area contributed by atoms with Gasteiger partial charge in [-0.25, -0.2) is 0 Å². The molecule has 0 spiro atoms. The van der Waals surface area contributed by atoms with E-state index in [0.29, 0.717) is 17.3 Å². The highest BCUT2D eigenvalue weighted by Gasteiger charge is 2.38. The van der Waals surface area contributed by atoms with Gasteiger partial charge in [0.2, 0.25) is 0 Å². The molecule has 3 atom stereocenters. The number of aliphatic carboxylic acids is 1. The Labute approximate surface area is 128 Å². The van der Waals surface area contributed by atoms with Crippen molar-refractivity contribution in [3.05, 3.63) is 29.3 Å². The lowest BCUT2D eigenvalue weighted by Crippen LogP contribution is -2.39. The highest BCUT2D eigenvalue weighted by Crippen LogP contribution is 2.27. The number of carbonyl (C=O) groups is 2. The van der Waals surface area contributed by atoms with E-state index < -0.39 is 18.0 Å². The van der Waals surface area contributed by atoms with Gasteiger partial charge in [0.15, 0.2) is 6.10 Å². The second-order valence-corrected chi connectivity index (χ2v) is 5.76. The Morgan fingerprint density at radius 1 is 1.38 bits per heavy atom. The molecule has 0 aliphatic carbocycles. The van der Waals surface area contributed by atoms with Crippen LogP contribution in [0.3, 0.4) is 0 Å². The summed E-state index contributed by atoms with van der Waals surface area (Å²) in [4.78, 5) is 25.0. The first kappa shape index (κ1) is 15.6. The van der Waals surface area contributed by atoms with E-state index in [-0.39, 0.29) is 18.4 Å². The lowest BCUT2D eigenvalue weighted by Gasteiger charge is -2.22. The zero-order valence-corrected chi connectivity index (χ0v) is 12.7. The van der Waals surface area contributed by atoms with Crippen LogP contribution < -0.4 is 4.74 Å². The van der Waals surface area contributed by atoms with Gasteiger partial charge in [-0.3, -0.25) is 9.59 Å². The number of para-hydroxylation sites is 1. The lowest BCUT2D eigenvalue weighted by molar-refractivity contribution is -0.142. The quantitative estimate of drug-likeness (QED) is 0.926. The van der Waals surface area contributed by atoms with Crippen molar-refractivity contribution in [3.8, 4) is 5.75 Å². The van der Waals surface area contributed by atoms with E-state index >= 15 is 0 Å². The van der Waals surface area contributed by atoms with Crippen LogP contribution in [0.5, 0.6) is 5.75 Å². The van der Waals surface area contributed by atoms with Gasteiger partial charge in [0.05, 0.1) is 10.9 Å². The Morgan fingerprint density at radius 3 is 2.62 bits per heavy atom. The van der Waals surface area contributed by atoms with Crippen LogP contribution in [0.2, 0.25) is 5.02 Å². The van der Waals surface area contributed by atoms with Gasteiger partial charge in [-0.15, -0.1) is 0 Å². The molecule has 1 unspecified atom stereocenters. The van der Waals surface area contributed by atoms with E-state index in [2.05, 4.69) is 0 Å². The van der Waals surface area contributed by atoms with E-state index in [1.165, 1.54) is 0 Å². The topological polar surface area (TPSA) is 66.8 Å². The number of benzene rings is 1. The molecule has 0 saturated carbocycles. The van der Waals surface area contributed by atoms with Crippen LogP contribution in [0.4, 0.5) is 0 Å². The molecule has 1 aliphatic rings. The van der Waals surface area contributed by atoms with Crippen molar-refractivity contribution in [3.63, 3.8) is 0 Å². The molecule has 1 fully saturated rings. The van der Waals surface area contributed by atoms with Crippen LogP contribution in [0.25, 0.3) is 0 Å². The highest BCUT2D eigenvalue weighted by molar-refractivity contribution is 6.32. The first-order chi connectivity index (χ1) is 9.90.